The molecule has 0 spiro atoms. The summed E-state index contributed by atoms with van der Waals surface area (Å²) in [6.07, 6.45) is 4.50. The van der Waals surface area contributed by atoms with Crippen molar-refractivity contribution >= 4 is 0 Å². The minimum atomic E-state index is -0.528. The van der Waals surface area contributed by atoms with E-state index < -0.39 is 11.7 Å². The molecule has 2 atom stereocenters. The number of imidazole rings is 1. The first kappa shape index (κ1) is 14.2. The fourth-order valence-corrected chi connectivity index (χ4v) is 1.97. The van der Waals surface area contributed by atoms with Gasteiger partial charge in [-0.3, -0.25) is 0 Å². The van der Waals surface area contributed by atoms with Gasteiger partial charge in [0.05, 0.1) is 11.7 Å². The van der Waals surface area contributed by atoms with Crippen LogP contribution in [0.15, 0.2) is 12.4 Å². The predicted octanol–water partition coefficient (Wildman–Crippen LogP) is 2.01. The number of aromatic nitrogens is 2. The summed E-state index contributed by atoms with van der Waals surface area (Å²) in [7, 11) is 0. The zero-order chi connectivity index (χ0) is 12.9. The summed E-state index contributed by atoms with van der Waals surface area (Å²) in [6.45, 7) is 9.50. The van der Waals surface area contributed by atoms with Crippen molar-refractivity contribution in [3.8, 4) is 0 Å². The highest BCUT2D eigenvalue weighted by Gasteiger charge is 2.32. The monoisotopic (exact) mass is 240 g/mol. The molecule has 1 rings (SSSR count). The van der Waals surface area contributed by atoms with Crippen LogP contribution < -0.4 is 0 Å². The molecule has 1 aromatic heterocycles. The van der Waals surface area contributed by atoms with E-state index >= 15 is 0 Å². The van der Waals surface area contributed by atoms with Gasteiger partial charge in [0.2, 0.25) is 0 Å². The van der Waals surface area contributed by atoms with Gasteiger partial charge < -0.3 is 14.4 Å². The third-order valence-corrected chi connectivity index (χ3v) is 3.40. The van der Waals surface area contributed by atoms with Crippen LogP contribution in [-0.2, 0) is 17.7 Å². The molecule has 17 heavy (non-hydrogen) atoms. The predicted molar refractivity (Wildman–Crippen MR) is 67.9 cm³/mol. The normalized spacial score (nSPS) is 16.8. The van der Waals surface area contributed by atoms with Gasteiger partial charge in [0.1, 0.15) is 5.82 Å². The summed E-state index contributed by atoms with van der Waals surface area (Å²) in [5.41, 5.74) is -0.487. The van der Waals surface area contributed by atoms with Crippen LogP contribution in [0.1, 0.15) is 39.9 Å². The molecule has 0 radical (unpaired) electrons. The Kier molecular flexibility index (Phi) is 5.15. The molecular weight excluding hydrogens is 216 g/mol. The number of nitrogens with zero attached hydrogens (tertiary/aromatic N) is 2. The second-order valence-electron chi connectivity index (χ2n) is 4.45. The van der Waals surface area contributed by atoms with E-state index in [-0.39, 0.29) is 0 Å². The van der Waals surface area contributed by atoms with Gasteiger partial charge in [-0.2, -0.15) is 0 Å². The second-order valence-corrected chi connectivity index (χ2v) is 4.45. The largest absolute Gasteiger partial charge is 0.390 e. The van der Waals surface area contributed by atoms with Crippen molar-refractivity contribution < 1.29 is 9.84 Å². The van der Waals surface area contributed by atoms with Gasteiger partial charge in [-0.05, 0) is 27.2 Å². The molecule has 4 heteroatoms. The van der Waals surface area contributed by atoms with Gasteiger partial charge in [-0.15, -0.1) is 0 Å². The van der Waals surface area contributed by atoms with Crippen LogP contribution >= 0.6 is 0 Å². The lowest BCUT2D eigenvalue weighted by Crippen LogP contribution is -2.43. The highest BCUT2D eigenvalue weighted by Crippen LogP contribution is 2.22. The van der Waals surface area contributed by atoms with Gasteiger partial charge in [-0.1, -0.05) is 6.92 Å². The number of ether oxygens (including phenoxy) is 1. The molecule has 0 aromatic carbocycles. The highest BCUT2D eigenvalue weighted by atomic mass is 16.5. The molecule has 0 aliphatic carbocycles. The van der Waals surface area contributed by atoms with Crippen molar-refractivity contribution in [2.24, 2.45) is 0 Å². The van der Waals surface area contributed by atoms with Crippen molar-refractivity contribution in [3.63, 3.8) is 0 Å². The molecular formula is C13H24N2O2. The fourth-order valence-electron chi connectivity index (χ4n) is 1.97. The summed E-state index contributed by atoms with van der Waals surface area (Å²) in [6, 6.07) is 0. The van der Waals surface area contributed by atoms with Gasteiger partial charge >= 0.3 is 0 Å². The Morgan fingerprint density at radius 3 is 2.71 bits per heavy atom. The molecule has 0 saturated heterocycles. The maximum atomic E-state index is 10.3. The lowest BCUT2D eigenvalue weighted by Gasteiger charge is -2.33. The lowest BCUT2D eigenvalue weighted by atomic mass is 9.93. The third-order valence-electron chi connectivity index (χ3n) is 3.40. The number of rotatable bonds is 7. The van der Waals surface area contributed by atoms with E-state index in [9.17, 15) is 5.11 Å². The first-order chi connectivity index (χ1) is 8.07. The lowest BCUT2D eigenvalue weighted by molar-refractivity contribution is -0.110. The molecule has 2 unspecified atom stereocenters. The van der Waals surface area contributed by atoms with E-state index in [0.717, 1.165) is 18.8 Å². The van der Waals surface area contributed by atoms with Gasteiger partial charge in [0.25, 0.3) is 0 Å². The molecule has 0 bridgehead atoms. The average Bonchev–Trinajstić information content (AvgIpc) is 2.76. The fraction of sp³-hybridized carbons (Fsp3) is 0.769. The van der Waals surface area contributed by atoms with E-state index in [1.54, 1.807) is 6.20 Å². The van der Waals surface area contributed by atoms with Crippen molar-refractivity contribution in [3.05, 3.63) is 18.2 Å². The van der Waals surface area contributed by atoms with Crippen LogP contribution in [-0.4, -0.2) is 33.0 Å². The Hall–Kier alpha value is -0.870. The minimum Gasteiger partial charge on any atom is -0.390 e. The first-order valence-corrected chi connectivity index (χ1v) is 6.39. The Morgan fingerprint density at radius 2 is 2.18 bits per heavy atom. The Bertz CT molecular complexity index is 338. The number of hydrogen-bond acceptors (Lipinski definition) is 3. The summed E-state index contributed by atoms with van der Waals surface area (Å²) >= 11 is 0. The Morgan fingerprint density at radius 1 is 1.47 bits per heavy atom. The van der Waals surface area contributed by atoms with Crippen molar-refractivity contribution in [2.45, 2.75) is 58.8 Å². The number of aliphatic hydroxyl groups is 1. The Balaban J connectivity index is 2.73. The SMILES string of the molecule is CCOC(C)(CC)C(O)Cc1nccn1CC. The molecule has 0 amide bonds. The summed E-state index contributed by atoms with van der Waals surface area (Å²) < 4.78 is 7.72. The summed E-state index contributed by atoms with van der Waals surface area (Å²) in [5.74, 6) is 0.916. The van der Waals surface area contributed by atoms with Gasteiger partial charge in [0, 0.05) is 32.0 Å². The standard InChI is InChI=1S/C13H24N2O2/c1-5-13(4,17-7-3)11(16)10-12-14-8-9-15(12)6-2/h8-9,11,16H,5-7,10H2,1-4H3. The summed E-state index contributed by atoms with van der Waals surface area (Å²) in [4.78, 5) is 4.28. The van der Waals surface area contributed by atoms with Crippen molar-refractivity contribution in [1.29, 1.82) is 0 Å². The topological polar surface area (TPSA) is 47.3 Å². The quantitative estimate of drug-likeness (QED) is 0.793. The van der Waals surface area contributed by atoms with E-state index in [4.69, 9.17) is 4.74 Å². The zero-order valence-electron chi connectivity index (χ0n) is 11.3. The molecule has 0 aliphatic heterocycles. The maximum absolute atomic E-state index is 10.3. The average molecular weight is 240 g/mol. The smallest absolute Gasteiger partial charge is 0.111 e. The third kappa shape index (κ3) is 3.30. The molecule has 1 heterocycles. The van der Waals surface area contributed by atoms with Crippen LogP contribution in [0.25, 0.3) is 0 Å². The van der Waals surface area contributed by atoms with E-state index in [1.807, 2.05) is 31.5 Å². The first-order valence-electron chi connectivity index (χ1n) is 6.39. The maximum Gasteiger partial charge on any atom is 0.111 e. The van der Waals surface area contributed by atoms with Gasteiger partial charge in [0.15, 0.2) is 0 Å². The highest BCUT2D eigenvalue weighted by molar-refractivity contribution is 4.98. The Labute approximate surface area is 104 Å². The molecule has 0 saturated carbocycles. The molecule has 0 aliphatic rings. The second kappa shape index (κ2) is 6.17. The van der Waals surface area contributed by atoms with Crippen LogP contribution in [0.4, 0.5) is 0 Å². The molecule has 4 nitrogen and oxygen atoms in total. The number of hydrogen-bond donors (Lipinski definition) is 1. The van der Waals surface area contributed by atoms with Gasteiger partial charge in [-0.25, -0.2) is 4.98 Å². The molecule has 98 valence electrons. The number of aryl methyl sites for hydroxylation is 1. The van der Waals surface area contributed by atoms with E-state index in [2.05, 4.69) is 11.9 Å². The van der Waals surface area contributed by atoms with Crippen molar-refractivity contribution in [1.82, 2.24) is 9.55 Å². The molecule has 0 fully saturated rings. The van der Waals surface area contributed by atoms with Crippen LogP contribution in [0.3, 0.4) is 0 Å². The van der Waals surface area contributed by atoms with Crippen LogP contribution in [0.2, 0.25) is 0 Å². The van der Waals surface area contributed by atoms with Crippen LogP contribution in [0.5, 0.6) is 0 Å². The van der Waals surface area contributed by atoms with Crippen molar-refractivity contribution in [2.75, 3.05) is 6.61 Å². The minimum absolute atomic E-state index is 0.487. The summed E-state index contributed by atoms with van der Waals surface area (Å²) in [5, 5.41) is 10.3. The molecule has 1 N–H and O–H groups in total. The number of aliphatic hydroxyl groups excluding tert-OH is 1. The van der Waals surface area contributed by atoms with E-state index in [0.29, 0.717) is 13.0 Å². The van der Waals surface area contributed by atoms with E-state index in [1.165, 1.54) is 0 Å². The zero-order valence-corrected chi connectivity index (χ0v) is 11.3. The molecule has 1 aromatic rings. The van der Waals surface area contributed by atoms with Crippen LogP contribution in [0, 0.1) is 0 Å².